The smallest absolute Gasteiger partial charge is 0.321 e. The van der Waals surface area contributed by atoms with Crippen LogP contribution in [0, 0.1) is 5.82 Å². The Kier molecular flexibility index (Phi) is 4.71. The molecule has 0 atom stereocenters. The highest BCUT2D eigenvalue weighted by molar-refractivity contribution is 7.80. The van der Waals surface area contributed by atoms with Crippen molar-refractivity contribution in [3.63, 3.8) is 0 Å². The van der Waals surface area contributed by atoms with Crippen molar-refractivity contribution in [1.82, 2.24) is 4.90 Å². The molecule has 120 valence electrons. The minimum Gasteiger partial charge on any atom is -0.368 e. The van der Waals surface area contributed by atoms with E-state index in [1.54, 1.807) is 17.0 Å². The summed E-state index contributed by atoms with van der Waals surface area (Å²) >= 11 is 4.33. The third-order valence-corrected chi connectivity index (χ3v) is 4.29. The second-order valence-electron chi connectivity index (χ2n) is 5.40. The van der Waals surface area contributed by atoms with Crippen LogP contribution in [0.1, 0.15) is 0 Å². The van der Waals surface area contributed by atoms with Crippen LogP contribution in [0.3, 0.4) is 0 Å². The lowest BCUT2D eigenvalue weighted by Crippen LogP contribution is -2.50. The molecule has 2 aromatic rings. The second kappa shape index (κ2) is 6.91. The van der Waals surface area contributed by atoms with Crippen molar-refractivity contribution >= 4 is 30.0 Å². The van der Waals surface area contributed by atoms with Crippen molar-refractivity contribution in [2.24, 2.45) is 0 Å². The molecule has 0 aromatic heterocycles. The average Bonchev–Trinajstić information content (AvgIpc) is 2.58. The van der Waals surface area contributed by atoms with Crippen molar-refractivity contribution in [3.05, 3.63) is 54.3 Å². The van der Waals surface area contributed by atoms with Crippen LogP contribution in [0.4, 0.5) is 20.6 Å². The number of urea groups is 1. The van der Waals surface area contributed by atoms with E-state index < -0.39 is 0 Å². The van der Waals surface area contributed by atoms with Gasteiger partial charge in [-0.05, 0) is 36.4 Å². The number of carbonyl (C=O) groups excluding carboxylic acids is 1. The Hall–Kier alpha value is -2.21. The first kappa shape index (κ1) is 15.7. The minimum atomic E-state index is -0.239. The van der Waals surface area contributed by atoms with Gasteiger partial charge in [0.15, 0.2) is 0 Å². The normalized spacial score (nSPS) is 14.7. The number of piperazine rings is 1. The number of benzene rings is 2. The number of amides is 2. The summed E-state index contributed by atoms with van der Waals surface area (Å²) in [5, 5.41) is 2.88. The zero-order valence-electron chi connectivity index (χ0n) is 12.6. The molecule has 1 aliphatic heterocycles. The van der Waals surface area contributed by atoms with Crippen molar-refractivity contribution < 1.29 is 9.18 Å². The molecular formula is C17H18FN3OS. The SMILES string of the molecule is O=C(Nc1ccccc1S)N1CCN(c2ccc(F)cc2)CC1. The van der Waals surface area contributed by atoms with Gasteiger partial charge in [0.25, 0.3) is 0 Å². The Labute approximate surface area is 140 Å². The van der Waals surface area contributed by atoms with E-state index in [0.717, 1.165) is 23.7 Å². The van der Waals surface area contributed by atoms with E-state index in [1.165, 1.54) is 12.1 Å². The number of anilines is 2. The number of nitrogens with one attached hydrogen (secondary N) is 1. The molecule has 2 aromatic carbocycles. The molecule has 1 saturated heterocycles. The predicted octanol–water partition coefficient (Wildman–Crippen LogP) is 3.47. The molecule has 1 fully saturated rings. The fourth-order valence-corrected chi connectivity index (χ4v) is 2.81. The van der Waals surface area contributed by atoms with Crippen molar-refractivity contribution in [2.45, 2.75) is 4.90 Å². The molecule has 0 bridgehead atoms. The largest absolute Gasteiger partial charge is 0.368 e. The van der Waals surface area contributed by atoms with Gasteiger partial charge in [-0.15, -0.1) is 12.6 Å². The fourth-order valence-electron chi connectivity index (χ4n) is 2.59. The van der Waals surface area contributed by atoms with E-state index >= 15 is 0 Å². The maximum absolute atomic E-state index is 13.0. The lowest BCUT2D eigenvalue weighted by atomic mass is 10.2. The standard InChI is InChI=1S/C17H18FN3OS/c18-13-5-7-14(8-6-13)20-9-11-21(12-10-20)17(22)19-15-3-1-2-4-16(15)23/h1-8,23H,9-12H2,(H,19,22). The van der Waals surface area contributed by atoms with Crippen LogP contribution in [0.25, 0.3) is 0 Å². The van der Waals surface area contributed by atoms with Gasteiger partial charge in [0.1, 0.15) is 5.82 Å². The minimum absolute atomic E-state index is 0.120. The molecule has 4 nitrogen and oxygen atoms in total. The first-order valence-corrected chi connectivity index (χ1v) is 7.92. The van der Waals surface area contributed by atoms with Gasteiger partial charge in [0, 0.05) is 36.8 Å². The van der Waals surface area contributed by atoms with Crippen LogP contribution in [0.2, 0.25) is 0 Å². The summed E-state index contributed by atoms with van der Waals surface area (Å²) in [5.41, 5.74) is 1.69. The Morgan fingerprint density at radius 2 is 1.65 bits per heavy atom. The Balaban J connectivity index is 1.57. The Morgan fingerprint density at radius 1 is 1.00 bits per heavy atom. The maximum Gasteiger partial charge on any atom is 0.321 e. The monoisotopic (exact) mass is 331 g/mol. The fraction of sp³-hybridized carbons (Fsp3) is 0.235. The summed E-state index contributed by atoms with van der Waals surface area (Å²) < 4.78 is 13.0. The molecule has 0 unspecified atom stereocenters. The van der Waals surface area contributed by atoms with E-state index in [-0.39, 0.29) is 11.8 Å². The predicted molar refractivity (Wildman–Crippen MR) is 92.9 cm³/mol. The maximum atomic E-state index is 13.0. The highest BCUT2D eigenvalue weighted by Gasteiger charge is 2.21. The molecule has 1 N–H and O–H groups in total. The summed E-state index contributed by atoms with van der Waals surface area (Å²) in [7, 11) is 0. The summed E-state index contributed by atoms with van der Waals surface area (Å²) in [6, 6.07) is 13.7. The highest BCUT2D eigenvalue weighted by Crippen LogP contribution is 2.20. The van der Waals surface area contributed by atoms with Gasteiger partial charge in [0.05, 0.1) is 5.69 Å². The van der Waals surface area contributed by atoms with Crippen LogP contribution in [-0.4, -0.2) is 37.1 Å². The Morgan fingerprint density at radius 3 is 2.30 bits per heavy atom. The molecule has 1 aliphatic rings. The van der Waals surface area contributed by atoms with E-state index in [2.05, 4.69) is 22.8 Å². The summed E-state index contributed by atoms with van der Waals surface area (Å²) in [6.45, 7) is 2.69. The molecule has 0 saturated carbocycles. The summed E-state index contributed by atoms with van der Waals surface area (Å²) in [5.74, 6) is -0.239. The summed E-state index contributed by atoms with van der Waals surface area (Å²) in [4.78, 5) is 17.0. The topological polar surface area (TPSA) is 35.6 Å². The Bertz CT molecular complexity index is 684. The molecule has 2 amide bonds. The lowest BCUT2D eigenvalue weighted by molar-refractivity contribution is 0.208. The molecule has 0 radical (unpaired) electrons. The lowest BCUT2D eigenvalue weighted by Gasteiger charge is -2.36. The van der Waals surface area contributed by atoms with Crippen molar-refractivity contribution in [1.29, 1.82) is 0 Å². The van der Waals surface area contributed by atoms with Crippen LogP contribution >= 0.6 is 12.6 Å². The first-order chi connectivity index (χ1) is 11.1. The molecule has 1 heterocycles. The zero-order chi connectivity index (χ0) is 16.2. The van der Waals surface area contributed by atoms with Gasteiger partial charge in [-0.25, -0.2) is 9.18 Å². The molecular weight excluding hydrogens is 313 g/mol. The van der Waals surface area contributed by atoms with Crippen molar-refractivity contribution in [3.8, 4) is 0 Å². The first-order valence-electron chi connectivity index (χ1n) is 7.48. The second-order valence-corrected chi connectivity index (χ2v) is 5.88. The number of nitrogens with zero attached hydrogens (tertiary/aromatic N) is 2. The highest BCUT2D eigenvalue weighted by atomic mass is 32.1. The van der Waals surface area contributed by atoms with E-state index in [1.807, 2.05) is 24.3 Å². The van der Waals surface area contributed by atoms with Gasteiger partial charge in [-0.1, -0.05) is 12.1 Å². The van der Waals surface area contributed by atoms with Gasteiger partial charge in [0.2, 0.25) is 0 Å². The number of hydrogen-bond acceptors (Lipinski definition) is 3. The zero-order valence-corrected chi connectivity index (χ0v) is 13.5. The number of thiol groups is 1. The number of hydrogen-bond donors (Lipinski definition) is 2. The molecule has 3 rings (SSSR count). The van der Waals surface area contributed by atoms with Crippen LogP contribution in [0.5, 0.6) is 0 Å². The van der Waals surface area contributed by atoms with E-state index in [9.17, 15) is 9.18 Å². The molecule has 0 spiro atoms. The van der Waals surface area contributed by atoms with Gasteiger partial charge in [-0.3, -0.25) is 0 Å². The number of carbonyl (C=O) groups is 1. The third kappa shape index (κ3) is 3.76. The van der Waals surface area contributed by atoms with E-state index in [0.29, 0.717) is 18.8 Å². The third-order valence-electron chi connectivity index (χ3n) is 3.90. The average molecular weight is 331 g/mol. The van der Waals surface area contributed by atoms with Crippen LogP contribution in [0.15, 0.2) is 53.4 Å². The van der Waals surface area contributed by atoms with Gasteiger partial charge in [-0.2, -0.15) is 0 Å². The quantitative estimate of drug-likeness (QED) is 0.827. The van der Waals surface area contributed by atoms with Crippen molar-refractivity contribution in [2.75, 3.05) is 36.4 Å². The van der Waals surface area contributed by atoms with E-state index in [4.69, 9.17) is 0 Å². The molecule has 23 heavy (non-hydrogen) atoms. The van der Waals surface area contributed by atoms with Crippen LogP contribution < -0.4 is 10.2 Å². The molecule has 0 aliphatic carbocycles. The van der Waals surface area contributed by atoms with Gasteiger partial charge >= 0.3 is 6.03 Å². The van der Waals surface area contributed by atoms with Gasteiger partial charge < -0.3 is 15.1 Å². The summed E-state index contributed by atoms with van der Waals surface area (Å²) in [6.07, 6.45) is 0. The van der Waals surface area contributed by atoms with Crippen LogP contribution in [-0.2, 0) is 0 Å². The molecule has 6 heteroatoms. The number of halogens is 1. The number of para-hydroxylation sites is 1. The number of rotatable bonds is 2.